The van der Waals surface area contributed by atoms with E-state index in [9.17, 15) is 5.11 Å². The molecule has 1 unspecified atom stereocenters. The monoisotopic (exact) mass is 364 g/mol. The molecule has 1 aliphatic rings. The summed E-state index contributed by atoms with van der Waals surface area (Å²) < 4.78 is 0.793. The van der Waals surface area contributed by atoms with Gasteiger partial charge in [0, 0.05) is 11.1 Å². The largest absolute Gasteiger partial charge is 0.508 e. The highest BCUT2D eigenvalue weighted by molar-refractivity contribution is 6.54. The summed E-state index contributed by atoms with van der Waals surface area (Å²) in [5.74, 6) is 0.243. The second-order valence-corrected chi connectivity index (χ2v) is 9.29. The van der Waals surface area contributed by atoms with Crippen LogP contribution in [0.3, 0.4) is 0 Å². The minimum absolute atomic E-state index is 0.111. The molecule has 4 nitrogen and oxygen atoms in total. The lowest BCUT2D eigenvalue weighted by atomic mass is 9.86. The molecule has 142 valence electrons. The van der Waals surface area contributed by atoms with Gasteiger partial charge in [0.25, 0.3) is 0 Å². The first-order valence-electron chi connectivity index (χ1n) is 9.40. The molecule has 0 radical (unpaired) electrons. The molecule has 0 amide bonds. The summed E-state index contributed by atoms with van der Waals surface area (Å²) in [7, 11) is 6.44. The predicted molar refractivity (Wildman–Crippen MR) is 113 cm³/mol. The van der Waals surface area contributed by atoms with Gasteiger partial charge in [0.15, 0.2) is 6.17 Å². The van der Waals surface area contributed by atoms with Gasteiger partial charge >= 0.3 is 0 Å². The van der Waals surface area contributed by atoms with Crippen molar-refractivity contribution in [2.45, 2.75) is 32.4 Å². The summed E-state index contributed by atoms with van der Waals surface area (Å²) in [4.78, 5) is 9.84. The summed E-state index contributed by atoms with van der Waals surface area (Å²) in [6.45, 7) is 7.47. The highest BCUT2D eigenvalue weighted by atomic mass is 16.3. The first kappa shape index (κ1) is 19.3. The summed E-state index contributed by atoms with van der Waals surface area (Å²) in [6.07, 6.45) is -0.111. The zero-order chi connectivity index (χ0) is 19.8. The number of hydrogen-bond donors (Lipinski definition) is 1. The average Bonchev–Trinajstić information content (AvgIpc) is 2.96. The fourth-order valence-corrected chi connectivity index (χ4v) is 3.22. The Balaban J connectivity index is 2.01. The van der Waals surface area contributed by atoms with E-state index >= 15 is 0 Å². The molecule has 2 aromatic carbocycles. The van der Waals surface area contributed by atoms with Gasteiger partial charge < -0.3 is 9.59 Å². The number of aliphatic imine (C=N–C) groups is 2. The number of hydrogen-bond acceptors (Lipinski definition) is 3. The Bertz CT molecular complexity index is 881. The molecular formula is C23H30N3O+. The van der Waals surface area contributed by atoms with Gasteiger partial charge in [0.05, 0.1) is 32.6 Å². The normalized spacial score (nSPS) is 17.6. The average molecular weight is 365 g/mol. The molecule has 0 bridgehead atoms. The van der Waals surface area contributed by atoms with Crippen molar-refractivity contribution in [1.82, 2.24) is 0 Å². The van der Waals surface area contributed by atoms with E-state index in [0.717, 1.165) is 33.6 Å². The van der Waals surface area contributed by atoms with Gasteiger partial charge in [0.2, 0.25) is 0 Å². The Morgan fingerprint density at radius 1 is 0.889 bits per heavy atom. The Hall–Kier alpha value is -2.46. The second kappa shape index (κ2) is 6.93. The van der Waals surface area contributed by atoms with Crippen molar-refractivity contribution < 1.29 is 9.59 Å². The Morgan fingerprint density at radius 2 is 1.48 bits per heavy atom. The van der Waals surface area contributed by atoms with Gasteiger partial charge in [-0.1, -0.05) is 57.2 Å². The van der Waals surface area contributed by atoms with Crippen LogP contribution in [0, 0.1) is 0 Å². The number of benzene rings is 2. The number of aromatic hydroxyl groups is 1. The van der Waals surface area contributed by atoms with Crippen molar-refractivity contribution in [3.63, 3.8) is 0 Å². The summed E-state index contributed by atoms with van der Waals surface area (Å²) in [5, 5.41) is 9.91. The first-order valence-corrected chi connectivity index (χ1v) is 9.40. The molecule has 1 N–H and O–H groups in total. The lowest BCUT2D eigenvalue weighted by Gasteiger charge is -2.24. The van der Waals surface area contributed by atoms with Gasteiger partial charge in [-0.05, 0) is 23.1 Å². The molecule has 1 aliphatic heterocycles. The molecular weight excluding hydrogens is 334 g/mol. The molecule has 0 saturated carbocycles. The topological polar surface area (TPSA) is 45.0 Å². The summed E-state index contributed by atoms with van der Waals surface area (Å²) in [6, 6.07) is 15.9. The standard InChI is InChI=1S/C23H29N3O/c1-23(2,3)18-12-10-16(11-13-18)21-22(17-8-7-9-19(27)14-17)25-20(24-21)15-26(4,5)6/h7-14,20H,15H2,1-6H3/p+1. The second-order valence-electron chi connectivity index (χ2n) is 9.29. The van der Waals surface area contributed by atoms with E-state index in [1.807, 2.05) is 12.1 Å². The third kappa shape index (κ3) is 4.64. The maximum atomic E-state index is 9.91. The number of likely N-dealkylation sites (N-methyl/N-ethyl adjacent to an activating group) is 1. The Morgan fingerprint density at radius 3 is 2.00 bits per heavy atom. The van der Waals surface area contributed by atoms with Crippen molar-refractivity contribution in [3.05, 3.63) is 65.2 Å². The maximum absolute atomic E-state index is 9.91. The zero-order valence-electron chi connectivity index (χ0n) is 17.2. The van der Waals surface area contributed by atoms with E-state index in [2.05, 4.69) is 66.2 Å². The smallest absolute Gasteiger partial charge is 0.189 e. The van der Waals surface area contributed by atoms with Crippen LogP contribution in [0.2, 0.25) is 0 Å². The minimum atomic E-state index is -0.111. The first-order chi connectivity index (χ1) is 12.5. The van der Waals surface area contributed by atoms with Crippen molar-refractivity contribution in [2.75, 3.05) is 27.7 Å². The summed E-state index contributed by atoms with van der Waals surface area (Å²) in [5.41, 5.74) is 5.13. The lowest BCUT2D eigenvalue weighted by Crippen LogP contribution is -2.39. The van der Waals surface area contributed by atoms with E-state index < -0.39 is 0 Å². The van der Waals surface area contributed by atoms with Gasteiger partial charge in [0.1, 0.15) is 12.3 Å². The van der Waals surface area contributed by atoms with Crippen LogP contribution in [0.15, 0.2) is 58.5 Å². The maximum Gasteiger partial charge on any atom is 0.189 e. The van der Waals surface area contributed by atoms with Crippen LogP contribution in [-0.2, 0) is 5.41 Å². The van der Waals surface area contributed by atoms with Crippen LogP contribution in [0.25, 0.3) is 0 Å². The Kier molecular flexibility index (Phi) is 4.96. The van der Waals surface area contributed by atoms with E-state index in [4.69, 9.17) is 9.98 Å². The zero-order valence-corrected chi connectivity index (χ0v) is 17.2. The predicted octanol–water partition coefficient (Wildman–Crippen LogP) is 4.01. The fraction of sp³-hybridized carbons (Fsp3) is 0.391. The van der Waals surface area contributed by atoms with E-state index in [1.165, 1.54) is 5.56 Å². The molecule has 0 fully saturated rings. The van der Waals surface area contributed by atoms with Gasteiger partial charge in [-0.2, -0.15) is 0 Å². The summed E-state index contributed by atoms with van der Waals surface area (Å²) >= 11 is 0. The van der Waals surface area contributed by atoms with Crippen LogP contribution >= 0.6 is 0 Å². The van der Waals surface area contributed by atoms with Crippen molar-refractivity contribution >= 4 is 11.4 Å². The molecule has 0 saturated heterocycles. The van der Waals surface area contributed by atoms with Crippen LogP contribution in [-0.4, -0.2) is 54.9 Å². The molecule has 1 atom stereocenters. The van der Waals surface area contributed by atoms with Crippen molar-refractivity contribution in [2.24, 2.45) is 9.98 Å². The number of quaternary nitrogens is 1. The third-order valence-corrected chi connectivity index (χ3v) is 4.64. The molecule has 4 heteroatoms. The molecule has 2 aromatic rings. The van der Waals surface area contributed by atoms with E-state index in [-0.39, 0.29) is 17.3 Å². The number of phenols is 1. The van der Waals surface area contributed by atoms with Crippen LogP contribution in [0.5, 0.6) is 5.75 Å². The number of rotatable bonds is 4. The number of nitrogens with zero attached hydrogens (tertiary/aromatic N) is 3. The van der Waals surface area contributed by atoms with Gasteiger partial charge in [-0.3, -0.25) is 0 Å². The molecule has 0 spiro atoms. The Labute approximate surface area is 162 Å². The number of phenolic OH excluding ortho intramolecular Hbond substituents is 1. The van der Waals surface area contributed by atoms with Crippen LogP contribution < -0.4 is 0 Å². The fourth-order valence-electron chi connectivity index (χ4n) is 3.22. The van der Waals surface area contributed by atoms with Crippen molar-refractivity contribution in [1.29, 1.82) is 0 Å². The molecule has 0 aromatic heterocycles. The van der Waals surface area contributed by atoms with Gasteiger partial charge in [-0.15, -0.1) is 0 Å². The quantitative estimate of drug-likeness (QED) is 0.819. The molecule has 1 heterocycles. The minimum Gasteiger partial charge on any atom is -0.508 e. The van der Waals surface area contributed by atoms with E-state index in [0.29, 0.717) is 0 Å². The molecule has 0 aliphatic carbocycles. The highest BCUT2D eigenvalue weighted by Crippen LogP contribution is 2.25. The van der Waals surface area contributed by atoms with E-state index in [1.54, 1.807) is 12.1 Å². The lowest BCUT2D eigenvalue weighted by molar-refractivity contribution is -0.871. The van der Waals surface area contributed by atoms with Gasteiger partial charge in [-0.25, -0.2) is 9.98 Å². The third-order valence-electron chi connectivity index (χ3n) is 4.64. The van der Waals surface area contributed by atoms with Crippen molar-refractivity contribution in [3.8, 4) is 5.75 Å². The highest BCUT2D eigenvalue weighted by Gasteiger charge is 2.27. The molecule has 3 rings (SSSR count). The molecule has 27 heavy (non-hydrogen) atoms. The van der Waals surface area contributed by atoms with Crippen LogP contribution in [0.1, 0.15) is 37.5 Å². The van der Waals surface area contributed by atoms with Crippen LogP contribution in [0.4, 0.5) is 0 Å². The SMILES string of the molecule is CC(C)(C)c1ccc(C2=NC(C[N+](C)(C)C)N=C2c2cccc(O)c2)cc1.